The molecule has 0 aromatic heterocycles. The lowest BCUT2D eigenvalue weighted by molar-refractivity contribution is 0.716. The van der Waals surface area contributed by atoms with Crippen molar-refractivity contribution in [2.45, 2.75) is 0 Å². The van der Waals surface area contributed by atoms with Crippen LogP contribution in [0.15, 0.2) is 110 Å². The Kier molecular flexibility index (Phi) is 7.01. The van der Waals surface area contributed by atoms with Gasteiger partial charge in [-0.3, -0.25) is 0 Å². The Labute approximate surface area is 127 Å². The molecule has 1 aromatic carbocycles. The number of amidine groups is 1. The highest BCUT2D eigenvalue weighted by Gasteiger charge is 2.12. The van der Waals surface area contributed by atoms with Crippen molar-refractivity contribution in [2.75, 3.05) is 0 Å². The first-order valence-electron chi connectivity index (χ1n) is 6.56. The molecule has 0 bridgehead atoms. The first kappa shape index (κ1) is 16.2. The minimum absolute atomic E-state index is 0.738. The van der Waals surface area contributed by atoms with E-state index in [1.165, 1.54) is 6.20 Å². The molecule has 0 aliphatic carbocycles. The van der Waals surface area contributed by atoms with Crippen molar-refractivity contribution in [2.24, 2.45) is 4.99 Å². The van der Waals surface area contributed by atoms with Gasteiger partial charge in [-0.2, -0.15) is 0 Å². The van der Waals surface area contributed by atoms with Crippen LogP contribution in [0.4, 0.5) is 0 Å². The van der Waals surface area contributed by atoms with E-state index in [-0.39, 0.29) is 0 Å². The van der Waals surface area contributed by atoms with Crippen LogP contribution in [0.5, 0.6) is 0 Å². The number of benzene rings is 1. The quantitative estimate of drug-likeness (QED) is 0.395. The molecule has 0 fully saturated rings. The molecular formula is C19H20N2. The third kappa shape index (κ3) is 4.62. The number of hydrogen-bond acceptors (Lipinski definition) is 1. The Morgan fingerprint density at radius 3 is 2.24 bits per heavy atom. The maximum absolute atomic E-state index is 4.38. The van der Waals surface area contributed by atoms with Crippen molar-refractivity contribution >= 4 is 5.84 Å². The van der Waals surface area contributed by atoms with E-state index in [9.17, 15) is 0 Å². The van der Waals surface area contributed by atoms with Gasteiger partial charge in [0, 0.05) is 23.7 Å². The van der Waals surface area contributed by atoms with Crippen molar-refractivity contribution in [3.63, 3.8) is 0 Å². The Bertz CT molecular complexity index is 589. The fourth-order valence-corrected chi connectivity index (χ4v) is 1.77. The summed E-state index contributed by atoms with van der Waals surface area (Å²) < 4.78 is 0. The molecule has 2 nitrogen and oxygen atoms in total. The first-order chi connectivity index (χ1) is 10.3. The van der Waals surface area contributed by atoms with Crippen LogP contribution >= 0.6 is 0 Å². The van der Waals surface area contributed by atoms with Crippen LogP contribution in [0.1, 0.15) is 5.56 Å². The van der Waals surface area contributed by atoms with Crippen LogP contribution in [0.2, 0.25) is 0 Å². The van der Waals surface area contributed by atoms with E-state index >= 15 is 0 Å². The van der Waals surface area contributed by atoms with Crippen molar-refractivity contribution in [1.82, 2.24) is 4.90 Å². The fraction of sp³-hybridized carbons (Fsp3) is 0. The van der Waals surface area contributed by atoms with Gasteiger partial charge in [0.05, 0.1) is 0 Å². The summed E-state index contributed by atoms with van der Waals surface area (Å²) in [6.45, 7) is 15.0. The Hall–Kier alpha value is -2.87. The summed E-state index contributed by atoms with van der Waals surface area (Å²) in [6.07, 6.45) is 12.3. The third-order valence-electron chi connectivity index (χ3n) is 2.63. The summed E-state index contributed by atoms with van der Waals surface area (Å²) in [5.41, 5.74) is 1.85. The predicted octanol–water partition coefficient (Wildman–Crippen LogP) is 4.83. The van der Waals surface area contributed by atoms with Crippen LogP contribution < -0.4 is 0 Å². The zero-order chi connectivity index (χ0) is 15.5. The van der Waals surface area contributed by atoms with Gasteiger partial charge in [0.15, 0.2) is 0 Å². The number of hydrogen-bond donors (Lipinski definition) is 0. The second kappa shape index (κ2) is 9.10. The summed E-state index contributed by atoms with van der Waals surface area (Å²) in [5, 5.41) is 0. The largest absolute Gasteiger partial charge is 0.302 e. The van der Waals surface area contributed by atoms with Crippen LogP contribution in [0, 0.1) is 0 Å². The molecule has 0 heterocycles. The molecule has 0 aliphatic heterocycles. The van der Waals surface area contributed by atoms with Gasteiger partial charge in [0.1, 0.15) is 5.84 Å². The smallest absolute Gasteiger partial charge is 0.144 e. The molecule has 2 heteroatoms. The van der Waals surface area contributed by atoms with E-state index in [4.69, 9.17) is 0 Å². The maximum atomic E-state index is 4.38. The topological polar surface area (TPSA) is 15.6 Å². The highest BCUT2D eigenvalue weighted by molar-refractivity contribution is 6.01. The second-order valence-electron chi connectivity index (χ2n) is 3.98. The number of nitrogens with zero attached hydrogens (tertiary/aromatic N) is 2. The van der Waals surface area contributed by atoms with Crippen LogP contribution in [-0.4, -0.2) is 10.7 Å². The normalized spacial score (nSPS) is 12.0. The van der Waals surface area contributed by atoms with Gasteiger partial charge < -0.3 is 4.90 Å². The average Bonchev–Trinajstić information content (AvgIpc) is 2.53. The molecule has 0 aliphatic rings. The summed E-state index contributed by atoms with van der Waals surface area (Å²) in [7, 11) is 0. The molecule has 21 heavy (non-hydrogen) atoms. The molecule has 0 atom stereocenters. The second-order valence-corrected chi connectivity index (χ2v) is 3.98. The van der Waals surface area contributed by atoms with E-state index in [2.05, 4.69) is 31.3 Å². The van der Waals surface area contributed by atoms with Crippen LogP contribution in [0.3, 0.4) is 0 Å². The molecule has 0 radical (unpaired) electrons. The van der Waals surface area contributed by atoms with Gasteiger partial charge >= 0.3 is 0 Å². The van der Waals surface area contributed by atoms with E-state index in [0.717, 1.165) is 17.1 Å². The van der Waals surface area contributed by atoms with Crippen molar-refractivity contribution < 1.29 is 0 Å². The van der Waals surface area contributed by atoms with Gasteiger partial charge in [-0.15, -0.1) is 0 Å². The van der Waals surface area contributed by atoms with Crippen LogP contribution in [0.25, 0.3) is 0 Å². The Balaban J connectivity index is 3.34. The molecule has 1 aromatic rings. The summed E-state index contributed by atoms with van der Waals surface area (Å²) in [4.78, 5) is 6.25. The van der Waals surface area contributed by atoms with Gasteiger partial charge in [-0.25, -0.2) is 4.99 Å². The standard InChI is InChI=1S/C19H20N2/c1-5-9-16-18(13-6-2)21(8-4)19(20-7-3)17-14-11-10-12-15-17/h5-16H,1-4H2/b16-9-,18-13+,20-19?. The molecule has 0 N–H and O–H groups in total. The van der Waals surface area contributed by atoms with Crippen LogP contribution in [-0.2, 0) is 0 Å². The molecule has 1 rings (SSSR count). The van der Waals surface area contributed by atoms with Crippen molar-refractivity contribution in [1.29, 1.82) is 0 Å². The van der Waals surface area contributed by atoms with E-state index in [0.29, 0.717) is 0 Å². The van der Waals surface area contributed by atoms with Crippen molar-refractivity contribution in [3.8, 4) is 0 Å². The zero-order valence-electron chi connectivity index (χ0n) is 12.2. The first-order valence-corrected chi connectivity index (χ1v) is 6.56. The monoisotopic (exact) mass is 276 g/mol. The van der Waals surface area contributed by atoms with E-state index < -0.39 is 0 Å². The predicted molar refractivity (Wildman–Crippen MR) is 92.8 cm³/mol. The van der Waals surface area contributed by atoms with Gasteiger partial charge in [-0.05, 0) is 12.2 Å². The van der Waals surface area contributed by atoms with Gasteiger partial charge in [0.25, 0.3) is 0 Å². The molecule has 106 valence electrons. The summed E-state index contributed by atoms with van der Waals surface area (Å²) in [5.74, 6) is 0.738. The number of aliphatic imine (C=N–C) groups is 1. The van der Waals surface area contributed by atoms with Crippen molar-refractivity contribution in [3.05, 3.63) is 111 Å². The number of allylic oxidation sites excluding steroid dienone is 5. The lowest BCUT2D eigenvalue weighted by Crippen LogP contribution is -2.25. The zero-order valence-corrected chi connectivity index (χ0v) is 12.2. The maximum Gasteiger partial charge on any atom is 0.144 e. The van der Waals surface area contributed by atoms with E-state index in [1.807, 2.05) is 53.5 Å². The molecule has 0 amide bonds. The molecule has 0 saturated carbocycles. The minimum Gasteiger partial charge on any atom is -0.302 e. The highest BCUT2D eigenvalue weighted by atomic mass is 15.2. The average molecular weight is 276 g/mol. The third-order valence-corrected chi connectivity index (χ3v) is 2.63. The lowest BCUT2D eigenvalue weighted by Gasteiger charge is -2.23. The molecular weight excluding hydrogens is 256 g/mol. The Morgan fingerprint density at radius 2 is 1.71 bits per heavy atom. The molecule has 0 spiro atoms. The highest BCUT2D eigenvalue weighted by Crippen LogP contribution is 2.15. The Morgan fingerprint density at radius 1 is 1.00 bits per heavy atom. The fourth-order valence-electron chi connectivity index (χ4n) is 1.77. The minimum atomic E-state index is 0.738. The summed E-state index contributed by atoms with van der Waals surface area (Å²) in [6, 6.07) is 9.87. The van der Waals surface area contributed by atoms with Gasteiger partial charge in [0.2, 0.25) is 0 Å². The molecule has 0 saturated heterocycles. The van der Waals surface area contributed by atoms with E-state index in [1.54, 1.807) is 18.4 Å². The number of rotatable bonds is 7. The lowest BCUT2D eigenvalue weighted by atomic mass is 10.1. The SMILES string of the molecule is C=C/C=C\C(=C/C=C)N(C=C)C(=NC=C)c1ccccc1. The summed E-state index contributed by atoms with van der Waals surface area (Å²) >= 11 is 0. The molecule has 0 unspecified atom stereocenters. The van der Waals surface area contributed by atoms with Gasteiger partial charge in [-0.1, -0.05) is 74.9 Å².